The van der Waals surface area contributed by atoms with Gasteiger partial charge in [0.2, 0.25) is 0 Å². The van der Waals surface area contributed by atoms with Crippen molar-refractivity contribution in [3.8, 4) is 17.5 Å². The number of pyridine rings is 1. The van der Waals surface area contributed by atoms with Crippen LogP contribution in [0.2, 0.25) is 0 Å². The number of benzene rings is 2. The lowest BCUT2D eigenvalue weighted by atomic mass is 10.0. The molecule has 0 saturated carbocycles. The summed E-state index contributed by atoms with van der Waals surface area (Å²) in [4.78, 5) is 32.0. The Labute approximate surface area is 235 Å². The van der Waals surface area contributed by atoms with E-state index in [0.717, 1.165) is 5.56 Å². The summed E-state index contributed by atoms with van der Waals surface area (Å²) in [6, 6.07) is 19.7. The maximum Gasteiger partial charge on any atom is 0.274 e. The smallest absolute Gasteiger partial charge is 0.274 e. The summed E-state index contributed by atoms with van der Waals surface area (Å²) < 4.78 is 4.72. The first-order valence-corrected chi connectivity index (χ1v) is 13.0. The molecule has 1 amide bonds. The zero-order valence-electron chi connectivity index (χ0n) is 22.7. The first-order valence-electron chi connectivity index (χ1n) is 13.0. The molecular formula is C31H26N8O2. The van der Waals surface area contributed by atoms with Gasteiger partial charge in [0.05, 0.1) is 28.9 Å². The fourth-order valence-corrected chi connectivity index (χ4v) is 4.87. The number of aromatic nitrogens is 6. The summed E-state index contributed by atoms with van der Waals surface area (Å²) in [6.07, 6.45) is 3.49. The van der Waals surface area contributed by atoms with Gasteiger partial charge in [0, 0.05) is 30.2 Å². The Balaban J connectivity index is 1.47. The standard InChI is InChI=1S/C31H26N8O2/c1-19-12-15-26-35-29(32)28(39(26)36-19)30(40)34-20(2)25-16-23-9-7-8-22(14-13-21-17-33-37(3)18-21)27(23)31(41)38(25)24-10-5-4-6-11-24/h4-12,15-18,20H,32H2,1-3H3,(H,34,40)/t20-/m1/s1. The number of carbonyl (C=O) groups excluding carboxylic acids is 1. The van der Waals surface area contributed by atoms with Crippen molar-refractivity contribution in [2.24, 2.45) is 7.05 Å². The highest BCUT2D eigenvalue weighted by atomic mass is 16.2. The lowest BCUT2D eigenvalue weighted by Crippen LogP contribution is -2.33. The van der Waals surface area contributed by atoms with Gasteiger partial charge in [0.15, 0.2) is 17.2 Å². The highest BCUT2D eigenvalue weighted by molar-refractivity contribution is 5.98. The third-order valence-corrected chi connectivity index (χ3v) is 6.78. The van der Waals surface area contributed by atoms with Crippen molar-refractivity contribution < 1.29 is 4.79 Å². The van der Waals surface area contributed by atoms with Gasteiger partial charge in [0.25, 0.3) is 11.5 Å². The third-order valence-electron chi connectivity index (χ3n) is 6.78. The molecule has 0 aliphatic carbocycles. The van der Waals surface area contributed by atoms with Crippen LogP contribution >= 0.6 is 0 Å². The number of carbonyl (C=O) groups is 1. The molecule has 0 bridgehead atoms. The van der Waals surface area contributed by atoms with E-state index in [0.29, 0.717) is 39.1 Å². The van der Waals surface area contributed by atoms with Gasteiger partial charge in [-0.1, -0.05) is 42.2 Å². The van der Waals surface area contributed by atoms with Gasteiger partial charge in [-0.3, -0.25) is 18.8 Å². The zero-order chi connectivity index (χ0) is 28.7. The van der Waals surface area contributed by atoms with E-state index < -0.39 is 11.9 Å². The van der Waals surface area contributed by atoms with E-state index in [-0.39, 0.29) is 17.1 Å². The van der Waals surface area contributed by atoms with Crippen LogP contribution in [-0.2, 0) is 7.05 Å². The molecule has 3 N–H and O–H groups in total. The zero-order valence-corrected chi connectivity index (χ0v) is 22.7. The van der Waals surface area contributed by atoms with Crippen LogP contribution in [0.15, 0.2) is 83.9 Å². The molecular weight excluding hydrogens is 516 g/mol. The number of nitrogens with one attached hydrogen (secondary N) is 1. The largest absolute Gasteiger partial charge is 0.382 e. The number of para-hydroxylation sites is 1. The third kappa shape index (κ3) is 4.70. The maximum absolute atomic E-state index is 14.2. The van der Waals surface area contributed by atoms with Crippen molar-refractivity contribution in [1.82, 2.24) is 34.3 Å². The molecule has 4 heterocycles. The normalized spacial score (nSPS) is 11.8. The number of hydrogen-bond acceptors (Lipinski definition) is 6. The lowest BCUT2D eigenvalue weighted by molar-refractivity contribution is 0.0932. The molecule has 4 aromatic heterocycles. The molecule has 202 valence electrons. The number of nitrogens with zero attached hydrogens (tertiary/aromatic N) is 6. The second-order valence-corrected chi connectivity index (χ2v) is 9.75. The molecule has 41 heavy (non-hydrogen) atoms. The van der Waals surface area contributed by atoms with Gasteiger partial charge in [-0.05, 0) is 55.6 Å². The number of fused-ring (bicyclic) bond motifs is 2. The number of imidazole rings is 1. The summed E-state index contributed by atoms with van der Waals surface area (Å²) in [5.74, 6) is 5.86. The first-order chi connectivity index (χ1) is 19.8. The molecule has 0 aliphatic heterocycles. The minimum Gasteiger partial charge on any atom is -0.382 e. The van der Waals surface area contributed by atoms with Crippen LogP contribution in [0.5, 0.6) is 0 Å². The summed E-state index contributed by atoms with van der Waals surface area (Å²) in [5.41, 5.74) is 9.81. The van der Waals surface area contributed by atoms with Crippen LogP contribution in [0.1, 0.15) is 46.0 Å². The molecule has 0 fully saturated rings. The highest BCUT2D eigenvalue weighted by Gasteiger charge is 2.23. The number of hydrogen-bond donors (Lipinski definition) is 2. The minimum atomic E-state index is -0.584. The molecule has 0 unspecified atom stereocenters. The van der Waals surface area contributed by atoms with Gasteiger partial charge in [-0.25, -0.2) is 9.50 Å². The highest BCUT2D eigenvalue weighted by Crippen LogP contribution is 2.24. The average molecular weight is 543 g/mol. The summed E-state index contributed by atoms with van der Waals surface area (Å²) in [5, 5.41) is 12.8. The van der Waals surface area contributed by atoms with Crippen LogP contribution < -0.4 is 16.6 Å². The van der Waals surface area contributed by atoms with Crippen LogP contribution in [0.25, 0.3) is 22.1 Å². The average Bonchev–Trinajstić information content (AvgIpc) is 3.53. The molecule has 6 rings (SSSR count). The second-order valence-electron chi connectivity index (χ2n) is 9.75. The SMILES string of the molecule is Cc1ccc2nc(N)c(C(=O)N[C@H](C)c3cc4cccc(C#Cc5cnn(C)c5)c4c(=O)n3-c3ccccc3)n2n1. The van der Waals surface area contributed by atoms with E-state index in [4.69, 9.17) is 5.73 Å². The Morgan fingerprint density at radius 2 is 1.85 bits per heavy atom. The lowest BCUT2D eigenvalue weighted by Gasteiger charge is -2.21. The van der Waals surface area contributed by atoms with Crippen LogP contribution in [-0.4, -0.2) is 34.9 Å². The number of rotatable bonds is 4. The van der Waals surface area contributed by atoms with E-state index in [9.17, 15) is 9.59 Å². The number of amides is 1. The Bertz CT molecular complexity index is 2080. The van der Waals surface area contributed by atoms with Crippen molar-refractivity contribution in [2.75, 3.05) is 5.73 Å². The van der Waals surface area contributed by atoms with Crippen molar-refractivity contribution in [3.05, 3.63) is 118 Å². The molecule has 0 spiro atoms. The molecule has 0 radical (unpaired) electrons. The number of nitrogen functional groups attached to an aromatic ring is 1. The quantitative estimate of drug-likeness (QED) is 0.328. The molecule has 2 aromatic carbocycles. The van der Waals surface area contributed by atoms with E-state index in [1.54, 1.807) is 27.6 Å². The van der Waals surface area contributed by atoms with Crippen molar-refractivity contribution in [1.29, 1.82) is 0 Å². The summed E-state index contributed by atoms with van der Waals surface area (Å²) in [6.45, 7) is 3.64. The Kier molecular flexibility index (Phi) is 6.32. The predicted octanol–water partition coefficient (Wildman–Crippen LogP) is 3.55. The van der Waals surface area contributed by atoms with Crippen LogP contribution in [0.4, 0.5) is 5.82 Å². The van der Waals surface area contributed by atoms with E-state index in [1.807, 2.05) is 81.7 Å². The number of nitrogens with two attached hydrogens (primary N) is 1. The molecule has 6 aromatic rings. The van der Waals surface area contributed by atoms with Gasteiger partial charge >= 0.3 is 0 Å². The fourth-order valence-electron chi connectivity index (χ4n) is 4.87. The van der Waals surface area contributed by atoms with Crippen molar-refractivity contribution in [3.63, 3.8) is 0 Å². The second kappa shape index (κ2) is 10.1. The van der Waals surface area contributed by atoms with Gasteiger partial charge < -0.3 is 11.1 Å². The molecule has 1 atom stereocenters. The van der Waals surface area contributed by atoms with Gasteiger partial charge in [-0.15, -0.1) is 0 Å². The Morgan fingerprint density at radius 3 is 2.61 bits per heavy atom. The van der Waals surface area contributed by atoms with Gasteiger partial charge in [-0.2, -0.15) is 10.2 Å². The number of aryl methyl sites for hydroxylation is 2. The van der Waals surface area contributed by atoms with Crippen molar-refractivity contribution >= 4 is 28.1 Å². The minimum absolute atomic E-state index is 0.0728. The fraction of sp³-hybridized carbons (Fsp3) is 0.129. The van der Waals surface area contributed by atoms with E-state index in [2.05, 4.69) is 32.3 Å². The predicted molar refractivity (Wildman–Crippen MR) is 157 cm³/mol. The maximum atomic E-state index is 14.2. The monoisotopic (exact) mass is 542 g/mol. The van der Waals surface area contributed by atoms with Crippen molar-refractivity contribution in [2.45, 2.75) is 19.9 Å². The molecule has 0 aliphatic rings. The molecule has 0 saturated heterocycles. The number of anilines is 1. The van der Waals surface area contributed by atoms with Crippen LogP contribution in [0.3, 0.4) is 0 Å². The van der Waals surface area contributed by atoms with E-state index in [1.165, 1.54) is 4.52 Å². The van der Waals surface area contributed by atoms with Gasteiger partial charge in [0.1, 0.15) is 0 Å². The van der Waals surface area contributed by atoms with Crippen LogP contribution in [0, 0.1) is 18.8 Å². The summed E-state index contributed by atoms with van der Waals surface area (Å²) in [7, 11) is 1.82. The van der Waals surface area contributed by atoms with E-state index >= 15 is 0 Å². The first kappa shape index (κ1) is 25.6. The Hall–Kier alpha value is -5.69. The Morgan fingerprint density at radius 1 is 1.05 bits per heavy atom. The molecule has 10 nitrogen and oxygen atoms in total. The molecule has 10 heteroatoms. The summed E-state index contributed by atoms with van der Waals surface area (Å²) >= 11 is 0. The topological polar surface area (TPSA) is 125 Å².